The van der Waals surface area contributed by atoms with Crippen LogP contribution in [0.4, 0.5) is 0 Å². The first-order chi connectivity index (χ1) is 12.8. The Hall–Kier alpha value is -2.78. The minimum absolute atomic E-state index is 0.103. The molecule has 0 spiro atoms. The Morgan fingerprint density at radius 1 is 0.885 bits per heavy atom. The molecule has 0 heterocycles. The number of nitrogens with zero attached hydrogens (tertiary/aromatic N) is 3. The van der Waals surface area contributed by atoms with Crippen LogP contribution < -0.4 is 5.32 Å². The first-order valence-corrected chi connectivity index (χ1v) is 9.21. The third-order valence-corrected chi connectivity index (χ3v) is 4.28. The van der Waals surface area contributed by atoms with Crippen LogP contribution in [0.15, 0.2) is 59.7 Å². The quantitative estimate of drug-likeness (QED) is 0.243. The molecular weight excluding hydrogens is 324 g/mol. The Morgan fingerprint density at radius 2 is 1.54 bits per heavy atom. The van der Waals surface area contributed by atoms with Crippen LogP contribution in [0.25, 0.3) is 21.6 Å². The van der Waals surface area contributed by atoms with E-state index in [0.29, 0.717) is 19.5 Å². The first-order valence-electron chi connectivity index (χ1n) is 9.21. The minimum Gasteiger partial charge on any atom is -0.352 e. The van der Waals surface area contributed by atoms with Crippen molar-refractivity contribution in [3.8, 4) is 11.1 Å². The zero-order chi connectivity index (χ0) is 18.5. The second-order valence-electron chi connectivity index (χ2n) is 6.31. The summed E-state index contributed by atoms with van der Waals surface area (Å²) < 4.78 is 0. The zero-order valence-electron chi connectivity index (χ0n) is 15.1. The average Bonchev–Trinajstić information content (AvgIpc) is 2.69. The highest BCUT2D eigenvalue weighted by Gasteiger charge is 2.02. The van der Waals surface area contributed by atoms with E-state index in [4.69, 9.17) is 5.53 Å². The standard InChI is InChI=1S/C21H26N4O/c22-25-24-16-8-3-1-2-7-11-21(26)23-17-18-12-14-20(15-13-18)19-9-5-4-6-10-19/h4-6,9-10,12-15H,1-3,7-8,11,16-17H2,(H,23,26). The lowest BCUT2D eigenvalue weighted by Crippen LogP contribution is -2.22. The molecule has 5 nitrogen and oxygen atoms in total. The van der Waals surface area contributed by atoms with E-state index in [1.165, 1.54) is 11.1 Å². The minimum atomic E-state index is 0.103. The fourth-order valence-electron chi connectivity index (χ4n) is 2.78. The highest BCUT2D eigenvalue weighted by molar-refractivity contribution is 5.75. The summed E-state index contributed by atoms with van der Waals surface area (Å²) in [5.74, 6) is 0.103. The molecule has 0 aliphatic rings. The molecule has 0 aromatic heterocycles. The third-order valence-electron chi connectivity index (χ3n) is 4.28. The summed E-state index contributed by atoms with van der Waals surface area (Å²) in [7, 11) is 0. The van der Waals surface area contributed by atoms with Gasteiger partial charge in [-0.05, 0) is 35.1 Å². The lowest BCUT2D eigenvalue weighted by atomic mass is 10.0. The van der Waals surface area contributed by atoms with Gasteiger partial charge in [0, 0.05) is 24.4 Å². The number of azide groups is 1. The zero-order valence-corrected chi connectivity index (χ0v) is 15.1. The Kier molecular flexibility index (Phi) is 8.81. The van der Waals surface area contributed by atoms with Crippen LogP contribution >= 0.6 is 0 Å². The van der Waals surface area contributed by atoms with Crippen molar-refractivity contribution < 1.29 is 4.79 Å². The van der Waals surface area contributed by atoms with Crippen molar-refractivity contribution in [2.45, 2.75) is 45.1 Å². The molecule has 0 saturated heterocycles. The highest BCUT2D eigenvalue weighted by Crippen LogP contribution is 2.19. The predicted octanol–water partition coefficient (Wildman–Crippen LogP) is 5.62. The third kappa shape index (κ3) is 7.41. The van der Waals surface area contributed by atoms with Gasteiger partial charge in [-0.2, -0.15) is 0 Å². The number of carbonyl (C=O) groups excluding carboxylic acids is 1. The molecule has 0 aliphatic carbocycles. The lowest BCUT2D eigenvalue weighted by Gasteiger charge is -2.07. The number of carbonyl (C=O) groups is 1. The molecule has 0 fully saturated rings. The van der Waals surface area contributed by atoms with Gasteiger partial charge in [-0.25, -0.2) is 0 Å². The molecule has 0 saturated carbocycles. The van der Waals surface area contributed by atoms with Crippen molar-refractivity contribution in [1.29, 1.82) is 0 Å². The maximum atomic E-state index is 11.9. The highest BCUT2D eigenvalue weighted by atomic mass is 16.1. The Labute approximate surface area is 155 Å². The van der Waals surface area contributed by atoms with Crippen LogP contribution in [-0.4, -0.2) is 12.5 Å². The van der Waals surface area contributed by atoms with E-state index < -0.39 is 0 Å². The van der Waals surface area contributed by atoms with Crippen molar-refractivity contribution >= 4 is 5.91 Å². The van der Waals surface area contributed by atoms with E-state index in [0.717, 1.165) is 37.7 Å². The summed E-state index contributed by atoms with van der Waals surface area (Å²) in [6, 6.07) is 18.6. The van der Waals surface area contributed by atoms with Crippen molar-refractivity contribution in [2.24, 2.45) is 5.11 Å². The van der Waals surface area contributed by atoms with Gasteiger partial charge in [0.2, 0.25) is 5.91 Å². The number of rotatable bonds is 11. The summed E-state index contributed by atoms with van der Waals surface area (Å²) in [6.45, 7) is 1.14. The number of amides is 1. The van der Waals surface area contributed by atoms with Crippen LogP contribution in [0.5, 0.6) is 0 Å². The van der Waals surface area contributed by atoms with Crippen LogP contribution in [0, 0.1) is 0 Å². The van der Waals surface area contributed by atoms with Gasteiger partial charge >= 0.3 is 0 Å². The predicted molar refractivity (Wildman–Crippen MR) is 105 cm³/mol. The average molecular weight is 350 g/mol. The number of benzene rings is 2. The van der Waals surface area contributed by atoms with Gasteiger partial charge in [-0.3, -0.25) is 4.79 Å². The summed E-state index contributed by atoms with van der Waals surface area (Å²) in [4.78, 5) is 14.6. The fraction of sp³-hybridized carbons (Fsp3) is 0.381. The van der Waals surface area contributed by atoms with Gasteiger partial charge in [0.25, 0.3) is 0 Å². The Balaban J connectivity index is 1.61. The number of hydrogen-bond donors (Lipinski definition) is 1. The molecule has 0 atom stereocenters. The molecule has 136 valence electrons. The second kappa shape index (κ2) is 11.7. The van der Waals surface area contributed by atoms with Crippen molar-refractivity contribution in [1.82, 2.24) is 5.32 Å². The summed E-state index contributed by atoms with van der Waals surface area (Å²) in [5.41, 5.74) is 11.7. The van der Waals surface area contributed by atoms with E-state index >= 15 is 0 Å². The second-order valence-corrected chi connectivity index (χ2v) is 6.31. The van der Waals surface area contributed by atoms with Gasteiger partial charge in [-0.1, -0.05) is 79.0 Å². The largest absolute Gasteiger partial charge is 0.352 e. The number of nitrogens with one attached hydrogen (secondary N) is 1. The van der Waals surface area contributed by atoms with E-state index in [9.17, 15) is 4.79 Å². The van der Waals surface area contributed by atoms with Crippen molar-refractivity contribution in [2.75, 3.05) is 6.54 Å². The number of hydrogen-bond acceptors (Lipinski definition) is 2. The SMILES string of the molecule is [N-]=[N+]=NCCCCCCCC(=O)NCc1ccc(-c2ccccc2)cc1. The molecule has 2 aromatic carbocycles. The molecule has 2 aromatic rings. The molecule has 2 rings (SSSR count). The molecule has 5 heteroatoms. The molecule has 0 aliphatic heterocycles. The van der Waals surface area contributed by atoms with Gasteiger partial charge in [0.1, 0.15) is 0 Å². The Morgan fingerprint density at radius 3 is 2.27 bits per heavy atom. The van der Waals surface area contributed by atoms with Crippen LogP contribution in [0.3, 0.4) is 0 Å². The topological polar surface area (TPSA) is 77.9 Å². The van der Waals surface area contributed by atoms with E-state index in [1.54, 1.807) is 0 Å². The normalized spacial score (nSPS) is 10.2. The summed E-state index contributed by atoms with van der Waals surface area (Å²) in [5, 5.41) is 6.49. The van der Waals surface area contributed by atoms with E-state index in [2.05, 4.69) is 51.7 Å². The van der Waals surface area contributed by atoms with Gasteiger partial charge in [0.05, 0.1) is 0 Å². The van der Waals surface area contributed by atoms with Crippen LogP contribution in [0.2, 0.25) is 0 Å². The maximum Gasteiger partial charge on any atom is 0.220 e. The monoisotopic (exact) mass is 350 g/mol. The van der Waals surface area contributed by atoms with Crippen molar-refractivity contribution in [3.63, 3.8) is 0 Å². The van der Waals surface area contributed by atoms with E-state index in [1.807, 2.05) is 18.2 Å². The molecular formula is C21H26N4O. The van der Waals surface area contributed by atoms with Crippen molar-refractivity contribution in [3.05, 3.63) is 70.6 Å². The molecule has 26 heavy (non-hydrogen) atoms. The summed E-state index contributed by atoms with van der Waals surface area (Å²) >= 11 is 0. The van der Waals surface area contributed by atoms with Gasteiger partial charge < -0.3 is 5.32 Å². The van der Waals surface area contributed by atoms with Crippen LogP contribution in [0.1, 0.15) is 44.1 Å². The molecule has 0 bridgehead atoms. The van der Waals surface area contributed by atoms with Gasteiger partial charge in [0.15, 0.2) is 0 Å². The first kappa shape index (κ1) is 19.5. The van der Waals surface area contributed by atoms with Crippen LogP contribution in [-0.2, 0) is 11.3 Å². The smallest absolute Gasteiger partial charge is 0.220 e. The molecule has 0 unspecified atom stereocenters. The lowest BCUT2D eigenvalue weighted by molar-refractivity contribution is -0.121. The fourth-order valence-corrected chi connectivity index (χ4v) is 2.78. The molecule has 0 radical (unpaired) electrons. The van der Waals surface area contributed by atoms with Gasteiger partial charge in [-0.15, -0.1) is 0 Å². The maximum absolute atomic E-state index is 11.9. The molecule has 1 N–H and O–H groups in total. The summed E-state index contributed by atoms with van der Waals surface area (Å²) in [6.07, 6.45) is 5.56. The number of unbranched alkanes of at least 4 members (excludes halogenated alkanes) is 4. The van der Waals surface area contributed by atoms with E-state index in [-0.39, 0.29) is 5.91 Å². The molecule has 1 amide bonds. The Bertz CT molecular complexity index is 707.